The molecule has 0 aliphatic rings. The van der Waals surface area contributed by atoms with Gasteiger partial charge < -0.3 is 5.32 Å². The fourth-order valence-corrected chi connectivity index (χ4v) is 3.52. The Morgan fingerprint density at radius 2 is 1.52 bits per heavy atom. The van der Waals surface area contributed by atoms with Crippen molar-refractivity contribution >= 4 is 11.6 Å². The van der Waals surface area contributed by atoms with Crippen molar-refractivity contribution < 1.29 is 4.79 Å². The number of benzene rings is 2. The van der Waals surface area contributed by atoms with Gasteiger partial charge in [-0.1, -0.05) is 66.7 Å². The van der Waals surface area contributed by atoms with Crippen LogP contribution in [0, 0.1) is 0 Å². The van der Waals surface area contributed by atoms with E-state index in [0.29, 0.717) is 12.2 Å². The monoisotopic (exact) mass is 383 g/mol. The molecule has 2 heterocycles. The van der Waals surface area contributed by atoms with Crippen molar-refractivity contribution in [3.63, 3.8) is 0 Å². The van der Waals surface area contributed by atoms with E-state index in [9.17, 15) is 9.59 Å². The first-order valence-corrected chi connectivity index (χ1v) is 9.45. The maximum atomic E-state index is 12.9. The topological polar surface area (TPSA) is 63.5 Å². The molecule has 0 aliphatic carbocycles. The summed E-state index contributed by atoms with van der Waals surface area (Å²) < 4.78 is 1.38. The van der Waals surface area contributed by atoms with Crippen LogP contribution in [0.15, 0.2) is 96.1 Å². The Hall–Kier alpha value is -3.73. The molecule has 0 atom stereocenters. The van der Waals surface area contributed by atoms with E-state index in [1.165, 1.54) is 10.6 Å². The van der Waals surface area contributed by atoms with Crippen LogP contribution in [0.3, 0.4) is 0 Å². The summed E-state index contributed by atoms with van der Waals surface area (Å²) >= 11 is 0. The minimum atomic E-state index is -0.446. The maximum Gasteiger partial charge on any atom is 0.270 e. The van der Waals surface area contributed by atoms with Crippen molar-refractivity contribution in [2.75, 3.05) is 6.54 Å². The largest absolute Gasteiger partial charge is 0.351 e. The number of pyridine rings is 1. The summed E-state index contributed by atoms with van der Waals surface area (Å²) in [4.78, 5) is 29.8. The van der Waals surface area contributed by atoms with E-state index in [4.69, 9.17) is 0 Å². The van der Waals surface area contributed by atoms with Gasteiger partial charge >= 0.3 is 0 Å². The zero-order chi connectivity index (χ0) is 20.3. The summed E-state index contributed by atoms with van der Waals surface area (Å²) in [6.45, 7) is 2.43. The molecule has 5 heteroatoms. The quantitative estimate of drug-likeness (QED) is 0.574. The molecule has 0 saturated heterocycles. The molecule has 0 fully saturated rings. The maximum absolute atomic E-state index is 12.9. The Labute approximate surface area is 168 Å². The summed E-state index contributed by atoms with van der Waals surface area (Å²) in [6.07, 6.45) is 2.95. The summed E-state index contributed by atoms with van der Waals surface area (Å²) in [6, 6.07) is 25.3. The van der Waals surface area contributed by atoms with Crippen LogP contribution < -0.4 is 10.9 Å². The molecule has 2 aromatic heterocycles. The zero-order valence-corrected chi connectivity index (χ0v) is 16.1. The van der Waals surface area contributed by atoms with Crippen molar-refractivity contribution in [1.82, 2.24) is 14.7 Å². The van der Waals surface area contributed by atoms with Gasteiger partial charge in [0.15, 0.2) is 0 Å². The molecule has 1 amide bonds. The molecule has 0 saturated carbocycles. The number of nitrogens with one attached hydrogen (secondary N) is 1. The van der Waals surface area contributed by atoms with Gasteiger partial charge in [-0.05, 0) is 30.2 Å². The van der Waals surface area contributed by atoms with Gasteiger partial charge in [-0.3, -0.25) is 14.0 Å². The van der Waals surface area contributed by atoms with Gasteiger partial charge in [-0.2, -0.15) is 0 Å². The number of hydrogen-bond donors (Lipinski definition) is 1. The van der Waals surface area contributed by atoms with Crippen molar-refractivity contribution in [3.05, 3.63) is 118 Å². The SMILES string of the molecule is CC(CNC(=O)c1cnc2ccccn2c1=O)(c1ccccc1)c1ccccc1. The third-order valence-corrected chi connectivity index (χ3v) is 5.28. The number of rotatable bonds is 5. The molecule has 0 aliphatic heterocycles. The van der Waals surface area contributed by atoms with Crippen LogP contribution in [-0.2, 0) is 5.41 Å². The third kappa shape index (κ3) is 3.55. The molecule has 29 heavy (non-hydrogen) atoms. The van der Waals surface area contributed by atoms with Crippen LogP contribution in [0.25, 0.3) is 5.65 Å². The smallest absolute Gasteiger partial charge is 0.270 e. The standard InChI is InChI=1S/C24H21N3O2/c1-24(18-10-4-2-5-11-18,19-12-6-3-7-13-19)17-26-22(28)20-16-25-21-14-8-9-15-27(21)23(20)29/h2-16H,17H2,1H3,(H,26,28). The van der Waals surface area contributed by atoms with Gasteiger partial charge in [-0.15, -0.1) is 0 Å². The molecule has 2 aromatic carbocycles. The molecular weight excluding hydrogens is 362 g/mol. The van der Waals surface area contributed by atoms with Gasteiger partial charge in [0, 0.05) is 24.4 Å². The second-order valence-electron chi connectivity index (χ2n) is 7.15. The zero-order valence-electron chi connectivity index (χ0n) is 16.1. The minimum absolute atomic E-state index is 0.0252. The molecule has 0 unspecified atom stereocenters. The number of amides is 1. The highest BCUT2D eigenvalue weighted by molar-refractivity contribution is 5.93. The summed E-state index contributed by atoms with van der Waals surface area (Å²) in [5.74, 6) is -0.432. The van der Waals surface area contributed by atoms with Crippen molar-refractivity contribution in [1.29, 1.82) is 0 Å². The molecule has 0 spiro atoms. The fourth-order valence-electron chi connectivity index (χ4n) is 3.52. The van der Waals surface area contributed by atoms with Gasteiger partial charge in [0.1, 0.15) is 11.2 Å². The van der Waals surface area contributed by atoms with E-state index in [1.54, 1.807) is 24.4 Å². The predicted octanol–water partition coefficient (Wildman–Crippen LogP) is 3.43. The second kappa shape index (κ2) is 7.72. The van der Waals surface area contributed by atoms with Gasteiger partial charge in [0.25, 0.3) is 11.5 Å². The van der Waals surface area contributed by atoms with Crippen molar-refractivity contribution in [3.8, 4) is 0 Å². The van der Waals surface area contributed by atoms with E-state index in [2.05, 4.69) is 17.2 Å². The molecule has 144 valence electrons. The molecule has 0 radical (unpaired) electrons. The Balaban J connectivity index is 1.66. The highest BCUT2D eigenvalue weighted by Crippen LogP contribution is 2.31. The van der Waals surface area contributed by atoms with Crippen molar-refractivity contribution in [2.24, 2.45) is 0 Å². The van der Waals surface area contributed by atoms with Gasteiger partial charge in [-0.25, -0.2) is 4.98 Å². The van der Waals surface area contributed by atoms with Crippen LogP contribution >= 0.6 is 0 Å². The first-order chi connectivity index (χ1) is 14.1. The Morgan fingerprint density at radius 1 is 0.931 bits per heavy atom. The second-order valence-corrected chi connectivity index (χ2v) is 7.15. The Bertz CT molecular complexity index is 1160. The minimum Gasteiger partial charge on any atom is -0.351 e. The van der Waals surface area contributed by atoms with Gasteiger partial charge in [0.2, 0.25) is 0 Å². The average molecular weight is 383 g/mol. The normalized spacial score (nSPS) is 11.3. The lowest BCUT2D eigenvalue weighted by molar-refractivity contribution is 0.0945. The Morgan fingerprint density at radius 3 is 2.14 bits per heavy atom. The molecule has 4 rings (SSSR count). The van der Waals surface area contributed by atoms with Crippen LogP contribution in [0.1, 0.15) is 28.4 Å². The highest BCUT2D eigenvalue weighted by atomic mass is 16.2. The Kier molecular flexibility index (Phi) is 4.96. The summed E-state index contributed by atoms with van der Waals surface area (Å²) in [5.41, 5.74) is 1.87. The molecular formula is C24H21N3O2. The lowest BCUT2D eigenvalue weighted by Crippen LogP contribution is -2.41. The number of aromatic nitrogens is 2. The molecule has 0 bridgehead atoms. The van der Waals surface area contributed by atoms with E-state index in [-0.39, 0.29) is 11.1 Å². The summed E-state index contributed by atoms with van der Waals surface area (Å²) in [5, 5.41) is 2.95. The first-order valence-electron chi connectivity index (χ1n) is 9.45. The number of hydrogen-bond acceptors (Lipinski definition) is 3. The van der Waals surface area contributed by atoms with Crippen LogP contribution in [-0.4, -0.2) is 21.8 Å². The molecule has 5 nitrogen and oxygen atoms in total. The fraction of sp³-hybridized carbons (Fsp3) is 0.125. The van der Waals surface area contributed by atoms with E-state index >= 15 is 0 Å². The number of carbonyl (C=O) groups is 1. The highest BCUT2D eigenvalue weighted by Gasteiger charge is 2.29. The van der Waals surface area contributed by atoms with Gasteiger partial charge in [0.05, 0.1) is 0 Å². The number of nitrogens with zero attached hydrogens (tertiary/aromatic N) is 2. The predicted molar refractivity (Wildman–Crippen MR) is 113 cm³/mol. The lowest BCUT2D eigenvalue weighted by Gasteiger charge is -2.31. The van der Waals surface area contributed by atoms with E-state index in [0.717, 1.165) is 11.1 Å². The van der Waals surface area contributed by atoms with E-state index in [1.807, 2.05) is 60.7 Å². The van der Waals surface area contributed by atoms with Crippen LogP contribution in [0.4, 0.5) is 0 Å². The molecule has 4 aromatic rings. The average Bonchev–Trinajstić information content (AvgIpc) is 2.79. The lowest BCUT2D eigenvalue weighted by atomic mass is 9.76. The van der Waals surface area contributed by atoms with Crippen LogP contribution in [0.2, 0.25) is 0 Å². The van der Waals surface area contributed by atoms with Crippen molar-refractivity contribution in [2.45, 2.75) is 12.3 Å². The third-order valence-electron chi connectivity index (χ3n) is 5.28. The number of carbonyl (C=O) groups excluding carboxylic acids is 1. The number of fused-ring (bicyclic) bond motifs is 1. The first kappa shape index (κ1) is 18.6. The van der Waals surface area contributed by atoms with E-state index < -0.39 is 11.3 Å². The summed E-state index contributed by atoms with van der Waals surface area (Å²) in [7, 11) is 0. The molecule has 1 N–H and O–H groups in total. The van der Waals surface area contributed by atoms with Crippen LogP contribution in [0.5, 0.6) is 0 Å².